The molecule has 0 unspecified atom stereocenters. The Hall–Kier alpha value is -2.34. The Morgan fingerprint density at radius 1 is 1.35 bits per heavy atom. The van der Waals surface area contributed by atoms with Crippen LogP contribution in [0.2, 0.25) is 0 Å². The molecule has 0 aliphatic heterocycles. The van der Waals surface area contributed by atoms with E-state index in [-0.39, 0.29) is 5.84 Å². The van der Waals surface area contributed by atoms with Crippen LogP contribution < -0.4 is 11.1 Å². The molecule has 0 aliphatic carbocycles. The second kappa shape index (κ2) is 6.21. The van der Waals surface area contributed by atoms with Gasteiger partial charge in [0.2, 0.25) is 0 Å². The molecule has 0 fully saturated rings. The number of oxime groups is 1. The third kappa shape index (κ3) is 3.36. The van der Waals surface area contributed by atoms with Crippen molar-refractivity contribution >= 4 is 5.84 Å². The SMILES string of the molecule is Cc1cc(CNCc2ccc(/C(N)=N/O)cc2C)on1. The standard InChI is InChI=1S/C14H18N4O2/c1-9-5-11(14(15)17-19)3-4-12(9)7-16-8-13-6-10(2)18-20-13/h3-6,16,19H,7-8H2,1-2H3,(H2,15,17). The third-order valence-electron chi connectivity index (χ3n) is 3.04. The molecule has 2 aromatic rings. The summed E-state index contributed by atoms with van der Waals surface area (Å²) in [6.07, 6.45) is 0. The van der Waals surface area contributed by atoms with Gasteiger partial charge in [0.15, 0.2) is 11.6 Å². The van der Waals surface area contributed by atoms with Crippen molar-refractivity contribution in [3.05, 3.63) is 52.4 Å². The molecule has 0 saturated heterocycles. The topological polar surface area (TPSA) is 96.7 Å². The molecule has 0 radical (unpaired) electrons. The van der Waals surface area contributed by atoms with Gasteiger partial charge in [-0.15, -0.1) is 0 Å². The first-order valence-electron chi connectivity index (χ1n) is 6.30. The van der Waals surface area contributed by atoms with Gasteiger partial charge in [-0.05, 0) is 31.0 Å². The summed E-state index contributed by atoms with van der Waals surface area (Å²) in [5.74, 6) is 0.929. The van der Waals surface area contributed by atoms with Crippen molar-refractivity contribution in [3.8, 4) is 0 Å². The zero-order chi connectivity index (χ0) is 14.5. The van der Waals surface area contributed by atoms with Gasteiger partial charge in [0.1, 0.15) is 0 Å². The number of rotatable bonds is 5. The summed E-state index contributed by atoms with van der Waals surface area (Å²) < 4.78 is 5.13. The Morgan fingerprint density at radius 2 is 2.15 bits per heavy atom. The maximum Gasteiger partial charge on any atom is 0.170 e. The lowest BCUT2D eigenvalue weighted by Crippen LogP contribution is -2.15. The molecule has 20 heavy (non-hydrogen) atoms. The molecule has 1 aromatic carbocycles. The fourth-order valence-corrected chi connectivity index (χ4v) is 1.93. The van der Waals surface area contributed by atoms with Gasteiger partial charge in [-0.25, -0.2) is 0 Å². The van der Waals surface area contributed by atoms with Crippen molar-refractivity contribution in [3.63, 3.8) is 0 Å². The van der Waals surface area contributed by atoms with E-state index < -0.39 is 0 Å². The lowest BCUT2D eigenvalue weighted by Gasteiger charge is -2.08. The first kappa shape index (κ1) is 14.1. The normalized spacial score (nSPS) is 11.8. The summed E-state index contributed by atoms with van der Waals surface area (Å²) in [7, 11) is 0. The van der Waals surface area contributed by atoms with Gasteiger partial charge < -0.3 is 20.8 Å². The summed E-state index contributed by atoms with van der Waals surface area (Å²) in [4.78, 5) is 0. The molecule has 1 aromatic heterocycles. The number of nitrogens with zero attached hydrogens (tertiary/aromatic N) is 2. The van der Waals surface area contributed by atoms with Crippen molar-refractivity contribution in [1.29, 1.82) is 0 Å². The van der Waals surface area contributed by atoms with Crippen LogP contribution in [0.3, 0.4) is 0 Å². The van der Waals surface area contributed by atoms with Crippen LogP contribution in [0.25, 0.3) is 0 Å². The highest BCUT2D eigenvalue weighted by Crippen LogP contribution is 2.11. The largest absolute Gasteiger partial charge is 0.409 e. The average molecular weight is 274 g/mol. The molecule has 0 bridgehead atoms. The van der Waals surface area contributed by atoms with Crippen molar-refractivity contribution < 1.29 is 9.73 Å². The van der Waals surface area contributed by atoms with Crippen LogP contribution in [0.5, 0.6) is 0 Å². The number of aromatic nitrogens is 1. The van der Waals surface area contributed by atoms with Gasteiger partial charge in [0, 0.05) is 18.2 Å². The van der Waals surface area contributed by atoms with Crippen LogP contribution in [0.4, 0.5) is 0 Å². The van der Waals surface area contributed by atoms with E-state index in [4.69, 9.17) is 15.5 Å². The first-order chi connectivity index (χ1) is 9.60. The van der Waals surface area contributed by atoms with Crippen LogP contribution in [0.1, 0.15) is 28.1 Å². The first-order valence-corrected chi connectivity index (χ1v) is 6.30. The fourth-order valence-electron chi connectivity index (χ4n) is 1.93. The van der Waals surface area contributed by atoms with Gasteiger partial charge in [0.25, 0.3) is 0 Å². The Kier molecular flexibility index (Phi) is 4.37. The zero-order valence-electron chi connectivity index (χ0n) is 11.6. The predicted molar refractivity (Wildman–Crippen MR) is 75.5 cm³/mol. The Labute approximate surface area is 117 Å². The lowest BCUT2D eigenvalue weighted by atomic mass is 10.0. The lowest BCUT2D eigenvalue weighted by molar-refractivity contribution is 0.318. The van der Waals surface area contributed by atoms with E-state index in [2.05, 4.69) is 15.6 Å². The maximum atomic E-state index is 8.65. The molecule has 6 heteroatoms. The van der Waals surface area contributed by atoms with Crippen LogP contribution in [0.15, 0.2) is 33.9 Å². The highest BCUT2D eigenvalue weighted by molar-refractivity contribution is 5.97. The van der Waals surface area contributed by atoms with Crippen LogP contribution in [0, 0.1) is 13.8 Å². The maximum absolute atomic E-state index is 8.65. The number of benzene rings is 1. The summed E-state index contributed by atoms with van der Waals surface area (Å²) in [5, 5.41) is 18.8. The van der Waals surface area contributed by atoms with E-state index >= 15 is 0 Å². The minimum Gasteiger partial charge on any atom is -0.409 e. The van der Waals surface area contributed by atoms with Crippen LogP contribution in [-0.2, 0) is 13.1 Å². The summed E-state index contributed by atoms with van der Waals surface area (Å²) >= 11 is 0. The minimum atomic E-state index is 0.116. The number of hydrogen-bond donors (Lipinski definition) is 3. The van der Waals surface area contributed by atoms with E-state index in [1.165, 1.54) is 0 Å². The van der Waals surface area contributed by atoms with E-state index in [9.17, 15) is 0 Å². The Bertz CT molecular complexity index is 619. The molecule has 0 spiro atoms. The van der Waals surface area contributed by atoms with Gasteiger partial charge >= 0.3 is 0 Å². The quantitative estimate of drug-likeness (QED) is 0.333. The highest BCUT2D eigenvalue weighted by Gasteiger charge is 2.04. The van der Waals surface area contributed by atoms with E-state index in [1.807, 2.05) is 38.1 Å². The molecular weight excluding hydrogens is 256 g/mol. The summed E-state index contributed by atoms with van der Waals surface area (Å²) in [6, 6.07) is 7.59. The monoisotopic (exact) mass is 274 g/mol. The van der Waals surface area contributed by atoms with Crippen molar-refractivity contribution in [2.45, 2.75) is 26.9 Å². The number of nitrogens with two attached hydrogens (primary N) is 1. The molecule has 4 N–H and O–H groups in total. The molecular formula is C14H18N4O2. The summed E-state index contributed by atoms with van der Waals surface area (Å²) in [5.41, 5.74) is 9.37. The highest BCUT2D eigenvalue weighted by atomic mass is 16.5. The molecule has 0 saturated carbocycles. The molecule has 2 rings (SSSR count). The van der Waals surface area contributed by atoms with Crippen LogP contribution >= 0.6 is 0 Å². The second-order valence-electron chi connectivity index (χ2n) is 4.66. The Morgan fingerprint density at radius 3 is 2.75 bits per heavy atom. The van der Waals surface area contributed by atoms with E-state index in [0.717, 1.165) is 22.6 Å². The van der Waals surface area contributed by atoms with E-state index in [0.29, 0.717) is 18.7 Å². The molecule has 0 aliphatic rings. The Balaban J connectivity index is 1.96. The van der Waals surface area contributed by atoms with Crippen molar-refractivity contribution in [2.75, 3.05) is 0 Å². The molecule has 0 atom stereocenters. The summed E-state index contributed by atoms with van der Waals surface area (Å²) in [6.45, 7) is 5.22. The van der Waals surface area contributed by atoms with Gasteiger partial charge in [0.05, 0.1) is 12.2 Å². The smallest absolute Gasteiger partial charge is 0.170 e. The molecule has 106 valence electrons. The van der Waals surface area contributed by atoms with Gasteiger partial charge in [-0.2, -0.15) is 0 Å². The minimum absolute atomic E-state index is 0.116. The molecule has 6 nitrogen and oxygen atoms in total. The number of hydrogen-bond acceptors (Lipinski definition) is 5. The van der Waals surface area contributed by atoms with Gasteiger partial charge in [-0.1, -0.05) is 22.4 Å². The number of aryl methyl sites for hydroxylation is 2. The second-order valence-corrected chi connectivity index (χ2v) is 4.66. The van der Waals surface area contributed by atoms with Crippen LogP contribution in [-0.4, -0.2) is 16.2 Å². The van der Waals surface area contributed by atoms with Crippen molar-refractivity contribution in [2.24, 2.45) is 10.9 Å². The third-order valence-corrected chi connectivity index (χ3v) is 3.04. The molecule has 0 amide bonds. The number of amidine groups is 1. The van der Waals surface area contributed by atoms with E-state index in [1.54, 1.807) is 0 Å². The number of nitrogens with one attached hydrogen (secondary N) is 1. The zero-order valence-corrected chi connectivity index (χ0v) is 11.6. The average Bonchev–Trinajstić information content (AvgIpc) is 2.85. The van der Waals surface area contributed by atoms with Crippen molar-refractivity contribution in [1.82, 2.24) is 10.5 Å². The predicted octanol–water partition coefficient (Wildman–Crippen LogP) is 1.68. The van der Waals surface area contributed by atoms with Gasteiger partial charge in [-0.3, -0.25) is 0 Å². The fraction of sp³-hybridized carbons (Fsp3) is 0.286. The molecule has 1 heterocycles.